The fourth-order valence-electron chi connectivity index (χ4n) is 3.93. The van der Waals surface area contributed by atoms with Crippen molar-refractivity contribution in [1.82, 2.24) is 4.57 Å². The molecule has 0 saturated carbocycles. The Labute approximate surface area is 208 Å². The van der Waals surface area contributed by atoms with E-state index in [4.69, 9.17) is 23.2 Å². The van der Waals surface area contributed by atoms with Gasteiger partial charge in [-0.15, -0.1) is 0 Å². The molecule has 0 fully saturated rings. The van der Waals surface area contributed by atoms with Gasteiger partial charge in [0.15, 0.2) is 0 Å². The van der Waals surface area contributed by atoms with Gasteiger partial charge >= 0.3 is 0 Å². The number of nitrogens with zero attached hydrogens (tertiary/aromatic N) is 1. The van der Waals surface area contributed by atoms with E-state index in [9.17, 15) is 4.79 Å². The fourth-order valence-corrected chi connectivity index (χ4v) is 4.27. The molecule has 0 aliphatic rings. The molecule has 1 amide bonds. The maximum Gasteiger partial charge on any atom is 0.255 e. The van der Waals surface area contributed by atoms with Crippen LogP contribution in [0.2, 0.25) is 10.0 Å². The van der Waals surface area contributed by atoms with Gasteiger partial charge in [0.25, 0.3) is 5.91 Å². The highest BCUT2D eigenvalue weighted by atomic mass is 35.5. The molecule has 0 saturated heterocycles. The lowest BCUT2D eigenvalue weighted by Crippen LogP contribution is -2.12. The summed E-state index contributed by atoms with van der Waals surface area (Å²) in [4.78, 5) is 12.8. The van der Waals surface area contributed by atoms with Crippen molar-refractivity contribution in [3.63, 3.8) is 0 Å². The smallest absolute Gasteiger partial charge is 0.255 e. The second kappa shape index (κ2) is 9.60. The van der Waals surface area contributed by atoms with Crippen molar-refractivity contribution in [2.75, 3.05) is 5.32 Å². The van der Waals surface area contributed by atoms with Gasteiger partial charge in [-0.05, 0) is 65.7 Å². The molecule has 1 N–H and O–H groups in total. The van der Waals surface area contributed by atoms with Crippen molar-refractivity contribution >= 4 is 34.8 Å². The predicted octanol–water partition coefficient (Wildman–Crippen LogP) is 8.37. The molecule has 0 atom stereocenters. The molecule has 0 aliphatic carbocycles. The van der Waals surface area contributed by atoms with E-state index < -0.39 is 0 Å². The number of carbonyl (C=O) groups excluding carboxylic acids is 1. The number of hydrogen-bond donors (Lipinski definition) is 1. The van der Waals surface area contributed by atoms with E-state index in [0.717, 1.165) is 28.2 Å². The number of carbonyl (C=O) groups is 1. The molecule has 0 bridgehead atoms. The second-order valence-corrected chi connectivity index (χ2v) is 8.64. The number of aromatic nitrogens is 1. The molecule has 5 heteroatoms. The fraction of sp³-hybridized carbons (Fsp3) is 0. The Morgan fingerprint density at radius 1 is 0.647 bits per heavy atom. The van der Waals surface area contributed by atoms with E-state index in [1.54, 1.807) is 18.2 Å². The van der Waals surface area contributed by atoms with Crippen LogP contribution in [0.5, 0.6) is 0 Å². The van der Waals surface area contributed by atoms with Crippen LogP contribution in [0.3, 0.4) is 0 Å². The van der Waals surface area contributed by atoms with Crippen molar-refractivity contribution in [2.24, 2.45) is 0 Å². The summed E-state index contributed by atoms with van der Waals surface area (Å²) in [6.45, 7) is 0. The van der Waals surface area contributed by atoms with Crippen molar-refractivity contribution in [3.8, 4) is 28.2 Å². The maximum atomic E-state index is 12.8. The van der Waals surface area contributed by atoms with Gasteiger partial charge in [-0.1, -0.05) is 83.9 Å². The van der Waals surface area contributed by atoms with Crippen molar-refractivity contribution in [3.05, 3.63) is 131 Å². The van der Waals surface area contributed by atoms with E-state index in [1.165, 1.54) is 0 Å². The van der Waals surface area contributed by atoms with Crippen molar-refractivity contribution in [1.29, 1.82) is 0 Å². The molecule has 34 heavy (non-hydrogen) atoms. The Morgan fingerprint density at radius 3 is 1.76 bits per heavy atom. The number of benzene rings is 4. The summed E-state index contributed by atoms with van der Waals surface area (Å²) in [5.41, 5.74) is 6.33. The lowest BCUT2D eigenvalue weighted by atomic mass is 10.1. The third-order valence-electron chi connectivity index (χ3n) is 5.58. The summed E-state index contributed by atoms with van der Waals surface area (Å²) >= 11 is 12.2. The summed E-state index contributed by atoms with van der Waals surface area (Å²) in [6.07, 6.45) is 0. The van der Waals surface area contributed by atoms with Crippen molar-refractivity contribution < 1.29 is 4.79 Å². The maximum absolute atomic E-state index is 12.8. The topological polar surface area (TPSA) is 34.0 Å². The Bertz CT molecular complexity index is 1390. The summed E-state index contributed by atoms with van der Waals surface area (Å²) in [7, 11) is 0. The van der Waals surface area contributed by atoms with Crippen molar-refractivity contribution in [2.45, 2.75) is 0 Å². The third-order valence-corrected chi connectivity index (χ3v) is 6.15. The van der Waals surface area contributed by atoms with Gasteiger partial charge in [0.05, 0.1) is 22.1 Å². The molecule has 1 aromatic heterocycles. The van der Waals surface area contributed by atoms with Crippen LogP contribution >= 0.6 is 23.2 Å². The lowest BCUT2D eigenvalue weighted by Gasteiger charge is -2.15. The predicted molar refractivity (Wildman–Crippen MR) is 141 cm³/mol. The van der Waals surface area contributed by atoms with E-state index >= 15 is 0 Å². The van der Waals surface area contributed by atoms with Crippen LogP contribution < -0.4 is 5.32 Å². The van der Waals surface area contributed by atoms with Crippen LogP contribution in [0.25, 0.3) is 28.2 Å². The van der Waals surface area contributed by atoms with E-state index in [1.807, 2.05) is 60.7 Å². The minimum atomic E-state index is -0.255. The Balaban J connectivity index is 1.52. The first-order chi connectivity index (χ1) is 16.6. The van der Waals surface area contributed by atoms with Crippen LogP contribution in [0, 0.1) is 0 Å². The molecule has 0 unspecified atom stereocenters. The van der Waals surface area contributed by atoms with Gasteiger partial charge in [0.2, 0.25) is 0 Å². The first kappa shape index (κ1) is 22.0. The molecule has 0 aliphatic heterocycles. The summed E-state index contributed by atoms with van der Waals surface area (Å²) in [5, 5.41) is 3.77. The number of amides is 1. The number of hydrogen-bond acceptors (Lipinski definition) is 1. The van der Waals surface area contributed by atoms with Gasteiger partial charge in [0.1, 0.15) is 0 Å². The first-order valence-electron chi connectivity index (χ1n) is 10.8. The van der Waals surface area contributed by atoms with Crippen LogP contribution in [-0.2, 0) is 0 Å². The zero-order valence-corrected chi connectivity index (χ0v) is 19.6. The molecule has 0 spiro atoms. The number of halogens is 2. The minimum Gasteiger partial charge on any atom is -0.321 e. The number of rotatable bonds is 5. The van der Waals surface area contributed by atoms with Crippen LogP contribution in [0.15, 0.2) is 115 Å². The standard InChI is InChI=1S/C29H20Cl2N2O/c30-23-13-16-25(31)26(19-23)32-29(34)22-11-14-24(15-12-22)33-27(20-7-3-1-4-8-20)17-18-28(33)21-9-5-2-6-10-21/h1-19H,(H,32,34). The Morgan fingerprint density at radius 2 is 1.21 bits per heavy atom. The monoisotopic (exact) mass is 482 g/mol. The van der Waals surface area contributed by atoms with Gasteiger partial charge < -0.3 is 9.88 Å². The van der Waals surface area contributed by atoms with Gasteiger partial charge in [0, 0.05) is 16.3 Å². The highest BCUT2D eigenvalue weighted by molar-refractivity contribution is 6.35. The van der Waals surface area contributed by atoms with Crippen LogP contribution in [-0.4, -0.2) is 10.5 Å². The van der Waals surface area contributed by atoms with E-state index in [-0.39, 0.29) is 5.91 Å². The lowest BCUT2D eigenvalue weighted by molar-refractivity contribution is 0.102. The zero-order chi connectivity index (χ0) is 23.5. The first-order valence-corrected chi connectivity index (χ1v) is 11.6. The third kappa shape index (κ3) is 4.49. The quantitative estimate of drug-likeness (QED) is 0.268. The summed E-state index contributed by atoms with van der Waals surface area (Å²) in [6, 6.07) is 37.3. The molecule has 1 heterocycles. The summed E-state index contributed by atoms with van der Waals surface area (Å²) in [5.74, 6) is -0.255. The number of anilines is 1. The van der Waals surface area contributed by atoms with Crippen LogP contribution in [0.4, 0.5) is 5.69 Å². The average Bonchev–Trinajstić information content (AvgIpc) is 3.33. The zero-order valence-electron chi connectivity index (χ0n) is 18.1. The van der Waals surface area contributed by atoms with E-state index in [2.05, 4.69) is 46.3 Å². The molecule has 0 radical (unpaired) electrons. The number of nitrogens with one attached hydrogen (secondary N) is 1. The summed E-state index contributed by atoms with van der Waals surface area (Å²) < 4.78 is 2.21. The highest BCUT2D eigenvalue weighted by Crippen LogP contribution is 2.32. The second-order valence-electron chi connectivity index (χ2n) is 7.80. The molecule has 4 aromatic carbocycles. The highest BCUT2D eigenvalue weighted by Gasteiger charge is 2.15. The Hall–Kier alpha value is -3.79. The molecule has 166 valence electrons. The van der Waals surface area contributed by atoms with Crippen LogP contribution in [0.1, 0.15) is 10.4 Å². The largest absolute Gasteiger partial charge is 0.321 e. The van der Waals surface area contributed by atoms with E-state index in [0.29, 0.717) is 21.3 Å². The molecule has 5 aromatic rings. The Kier molecular flexibility index (Phi) is 6.22. The molecular formula is C29H20Cl2N2O. The van der Waals surface area contributed by atoms with Gasteiger partial charge in [-0.25, -0.2) is 0 Å². The SMILES string of the molecule is O=C(Nc1cc(Cl)ccc1Cl)c1ccc(-n2c(-c3ccccc3)ccc2-c2ccccc2)cc1. The molecule has 5 rings (SSSR count). The average molecular weight is 483 g/mol. The van der Waals surface area contributed by atoms with Gasteiger partial charge in [-0.3, -0.25) is 4.79 Å². The minimum absolute atomic E-state index is 0.255. The molecule has 3 nitrogen and oxygen atoms in total. The molecular weight excluding hydrogens is 463 g/mol. The van der Waals surface area contributed by atoms with Gasteiger partial charge in [-0.2, -0.15) is 0 Å². The normalized spacial score (nSPS) is 10.8.